The van der Waals surface area contributed by atoms with Crippen molar-refractivity contribution < 1.29 is 14.6 Å². The van der Waals surface area contributed by atoms with Gasteiger partial charge < -0.3 is 24.8 Å². The number of morpholine rings is 1. The van der Waals surface area contributed by atoms with Gasteiger partial charge in [0.25, 0.3) is 0 Å². The van der Waals surface area contributed by atoms with Gasteiger partial charge in [0.15, 0.2) is 17.4 Å². The third-order valence-electron chi connectivity index (χ3n) is 6.70. The van der Waals surface area contributed by atoms with E-state index in [1.807, 2.05) is 12.1 Å². The molecule has 2 fully saturated rings. The molecule has 0 bridgehead atoms. The Kier molecular flexibility index (Phi) is 5.16. The lowest BCUT2D eigenvalue weighted by molar-refractivity contribution is 0.0482. The summed E-state index contributed by atoms with van der Waals surface area (Å²) in [5, 5.41) is 13.0. The Morgan fingerprint density at radius 1 is 1.23 bits per heavy atom. The molecule has 2 saturated heterocycles. The van der Waals surface area contributed by atoms with Crippen LogP contribution in [0.25, 0.3) is 11.4 Å². The maximum atomic E-state index is 9.70. The van der Waals surface area contributed by atoms with Gasteiger partial charge in [-0.05, 0) is 32.6 Å². The van der Waals surface area contributed by atoms with Crippen LogP contribution in [0.3, 0.4) is 0 Å². The molecule has 31 heavy (non-hydrogen) atoms. The molecule has 1 unspecified atom stereocenters. The molecule has 3 aliphatic heterocycles. The van der Waals surface area contributed by atoms with E-state index in [0.717, 1.165) is 34.9 Å². The lowest BCUT2D eigenvalue weighted by atomic mass is 9.98. The molecule has 2 N–H and O–H groups in total. The summed E-state index contributed by atoms with van der Waals surface area (Å²) in [4.78, 5) is 12.4. The number of hydrogen-bond donors (Lipinski definition) is 2. The SMILES string of the molecule is CSC(C)(C)c1nc(-c2ccc(C3(CO)CN3)cc2)nc2c1OC[C@@H]1COC[C@@H](C)N21. The van der Waals surface area contributed by atoms with E-state index >= 15 is 0 Å². The van der Waals surface area contributed by atoms with Crippen LogP contribution in [0.1, 0.15) is 32.0 Å². The van der Waals surface area contributed by atoms with Crippen LogP contribution in [0.4, 0.5) is 5.82 Å². The van der Waals surface area contributed by atoms with E-state index in [9.17, 15) is 5.11 Å². The van der Waals surface area contributed by atoms with Crippen molar-refractivity contribution in [3.8, 4) is 17.1 Å². The molecule has 7 nitrogen and oxygen atoms in total. The highest BCUT2D eigenvalue weighted by Crippen LogP contribution is 2.46. The molecular weight excluding hydrogens is 412 g/mol. The third-order valence-corrected chi connectivity index (χ3v) is 7.91. The van der Waals surface area contributed by atoms with Gasteiger partial charge in [-0.25, -0.2) is 9.97 Å². The van der Waals surface area contributed by atoms with Crippen molar-refractivity contribution in [1.29, 1.82) is 0 Å². The zero-order valence-corrected chi connectivity index (χ0v) is 19.3. The maximum Gasteiger partial charge on any atom is 0.184 e. The minimum Gasteiger partial charge on any atom is -0.486 e. The van der Waals surface area contributed by atoms with Crippen LogP contribution >= 0.6 is 11.8 Å². The lowest BCUT2D eigenvalue weighted by Gasteiger charge is -2.45. The zero-order chi connectivity index (χ0) is 21.8. The number of nitrogens with one attached hydrogen (secondary N) is 1. The minimum absolute atomic E-state index is 0.0986. The molecule has 3 aliphatic rings. The zero-order valence-electron chi connectivity index (χ0n) is 18.5. The predicted octanol–water partition coefficient (Wildman–Crippen LogP) is 2.52. The van der Waals surface area contributed by atoms with Crippen molar-refractivity contribution in [3.05, 3.63) is 35.5 Å². The number of nitrogens with zero attached hydrogens (tertiary/aromatic N) is 3. The number of thioether (sulfide) groups is 1. The first-order valence-electron chi connectivity index (χ1n) is 10.8. The Morgan fingerprint density at radius 3 is 2.61 bits per heavy atom. The molecule has 5 rings (SSSR count). The fourth-order valence-corrected chi connectivity index (χ4v) is 4.75. The van der Waals surface area contributed by atoms with E-state index in [1.54, 1.807) is 11.8 Å². The number of anilines is 1. The highest BCUT2D eigenvalue weighted by atomic mass is 32.2. The number of benzene rings is 1. The maximum absolute atomic E-state index is 9.70. The van der Waals surface area contributed by atoms with Gasteiger partial charge in [0, 0.05) is 12.1 Å². The molecule has 0 spiro atoms. The predicted molar refractivity (Wildman–Crippen MR) is 123 cm³/mol. The second-order valence-electron chi connectivity index (χ2n) is 9.19. The standard InChI is InChI=1S/C23H30N4O3S/c1-14-9-29-10-17-11-30-18-19(22(2,3)31-4)25-20(26-21(18)27(14)17)15-5-7-16(8-6-15)23(13-28)12-24-23/h5-8,14,17,24,28H,9-13H2,1-4H3/t14-,17+,23?/m1/s1. The third kappa shape index (κ3) is 3.50. The Hall–Kier alpha value is -1.87. The second-order valence-corrected chi connectivity index (χ2v) is 10.6. The molecule has 0 radical (unpaired) electrons. The molecule has 4 heterocycles. The Labute approximate surface area is 187 Å². The molecule has 166 valence electrons. The van der Waals surface area contributed by atoms with Crippen LogP contribution in [0.2, 0.25) is 0 Å². The molecule has 1 aromatic carbocycles. The van der Waals surface area contributed by atoms with Crippen molar-refractivity contribution in [2.45, 2.75) is 43.1 Å². The molecule has 1 aromatic heterocycles. The largest absolute Gasteiger partial charge is 0.486 e. The summed E-state index contributed by atoms with van der Waals surface area (Å²) in [6, 6.07) is 8.61. The summed E-state index contributed by atoms with van der Waals surface area (Å²) in [5.41, 5.74) is 2.69. The van der Waals surface area contributed by atoms with Crippen LogP contribution in [-0.4, -0.2) is 66.4 Å². The molecule has 2 aromatic rings. The highest BCUT2D eigenvalue weighted by Gasteiger charge is 2.43. The van der Waals surface area contributed by atoms with Crippen LogP contribution in [0.15, 0.2) is 24.3 Å². The summed E-state index contributed by atoms with van der Waals surface area (Å²) < 4.78 is 11.8. The summed E-state index contributed by atoms with van der Waals surface area (Å²) in [7, 11) is 0. The average Bonchev–Trinajstić information content (AvgIpc) is 3.59. The van der Waals surface area contributed by atoms with Gasteiger partial charge >= 0.3 is 0 Å². The normalized spacial score (nSPS) is 27.3. The van der Waals surface area contributed by atoms with Crippen molar-refractivity contribution in [1.82, 2.24) is 15.3 Å². The second kappa shape index (κ2) is 7.62. The number of aliphatic hydroxyl groups excluding tert-OH is 1. The molecular formula is C23H30N4O3S. The van der Waals surface area contributed by atoms with E-state index in [-0.39, 0.29) is 29.0 Å². The minimum atomic E-state index is -0.286. The van der Waals surface area contributed by atoms with Gasteiger partial charge in [-0.15, -0.1) is 0 Å². The monoisotopic (exact) mass is 442 g/mol. The van der Waals surface area contributed by atoms with E-state index in [4.69, 9.17) is 19.4 Å². The van der Waals surface area contributed by atoms with Crippen molar-refractivity contribution >= 4 is 17.6 Å². The topological polar surface area (TPSA) is 89.7 Å². The smallest absolute Gasteiger partial charge is 0.184 e. The number of rotatable bonds is 5. The quantitative estimate of drug-likeness (QED) is 0.683. The van der Waals surface area contributed by atoms with Crippen molar-refractivity contribution in [2.24, 2.45) is 0 Å². The van der Waals surface area contributed by atoms with E-state index < -0.39 is 0 Å². The van der Waals surface area contributed by atoms with Gasteiger partial charge in [0.2, 0.25) is 0 Å². The average molecular weight is 443 g/mol. The summed E-state index contributed by atoms with van der Waals surface area (Å²) in [6.45, 7) is 9.34. The summed E-state index contributed by atoms with van der Waals surface area (Å²) >= 11 is 1.75. The van der Waals surface area contributed by atoms with Crippen LogP contribution in [0, 0.1) is 0 Å². The summed E-state index contributed by atoms with van der Waals surface area (Å²) in [6.07, 6.45) is 2.10. The van der Waals surface area contributed by atoms with Gasteiger partial charge in [-0.3, -0.25) is 0 Å². The first kappa shape index (κ1) is 21.0. The first-order chi connectivity index (χ1) is 14.9. The number of aromatic nitrogens is 2. The number of hydrogen-bond acceptors (Lipinski definition) is 8. The van der Waals surface area contributed by atoms with Crippen LogP contribution < -0.4 is 15.0 Å². The fraction of sp³-hybridized carbons (Fsp3) is 0.565. The van der Waals surface area contributed by atoms with E-state index in [2.05, 4.69) is 49.4 Å². The van der Waals surface area contributed by atoms with Gasteiger partial charge in [0.1, 0.15) is 12.3 Å². The van der Waals surface area contributed by atoms with Crippen LogP contribution in [0.5, 0.6) is 5.75 Å². The van der Waals surface area contributed by atoms with Crippen molar-refractivity contribution in [2.75, 3.05) is 44.1 Å². The number of ether oxygens (including phenoxy) is 2. The molecule has 0 amide bonds. The molecule has 8 heteroatoms. The van der Waals surface area contributed by atoms with Crippen molar-refractivity contribution in [3.63, 3.8) is 0 Å². The fourth-order valence-electron chi connectivity index (χ4n) is 4.42. The summed E-state index contributed by atoms with van der Waals surface area (Å²) in [5.74, 6) is 2.37. The van der Waals surface area contributed by atoms with Gasteiger partial charge in [0.05, 0.1) is 42.2 Å². The Balaban J connectivity index is 1.61. The highest BCUT2D eigenvalue weighted by molar-refractivity contribution is 7.99. The Morgan fingerprint density at radius 2 is 1.97 bits per heavy atom. The van der Waals surface area contributed by atoms with Gasteiger partial charge in [-0.2, -0.15) is 11.8 Å². The molecule has 0 aliphatic carbocycles. The van der Waals surface area contributed by atoms with E-state index in [0.29, 0.717) is 25.6 Å². The van der Waals surface area contributed by atoms with Crippen LogP contribution in [-0.2, 0) is 15.0 Å². The lowest BCUT2D eigenvalue weighted by Crippen LogP contribution is -2.56. The van der Waals surface area contributed by atoms with E-state index in [1.165, 1.54) is 0 Å². The molecule has 0 saturated carbocycles. The molecule has 3 atom stereocenters. The van der Waals surface area contributed by atoms with Gasteiger partial charge in [-0.1, -0.05) is 24.3 Å². The first-order valence-corrected chi connectivity index (χ1v) is 12.0. The number of fused-ring (bicyclic) bond motifs is 3. The Bertz CT molecular complexity index is 978. The number of aliphatic hydroxyl groups is 1.